The lowest BCUT2D eigenvalue weighted by Crippen LogP contribution is -2.55. The number of hydrogen-bond donors (Lipinski definition) is 4. The van der Waals surface area contributed by atoms with Crippen LogP contribution in [0, 0.1) is 11.8 Å². The molecule has 2 fully saturated rings. The van der Waals surface area contributed by atoms with E-state index < -0.39 is 30.3 Å². The van der Waals surface area contributed by atoms with Crippen molar-refractivity contribution in [1.82, 2.24) is 35.7 Å². The first-order chi connectivity index (χ1) is 27.8. The van der Waals surface area contributed by atoms with Crippen molar-refractivity contribution in [2.24, 2.45) is 11.8 Å². The SMILES string of the molecule is COC(=O)NC(C(=O)N1CCCC1C(=O)NC(C)c1ccc(-c2ccc3cc(-c4cnc(C5CCCN5C(=O)C(NC(=O)OC)C(C)C)[nH]4)ccc3c2)cc1)C(C)C. The van der Waals surface area contributed by atoms with Gasteiger partial charge in [-0.1, -0.05) is 76.2 Å². The Balaban J connectivity index is 1.10. The van der Waals surface area contributed by atoms with Crippen LogP contribution in [0.3, 0.4) is 0 Å². The van der Waals surface area contributed by atoms with Gasteiger partial charge in [0.05, 0.1) is 38.2 Å². The zero-order valence-electron chi connectivity index (χ0n) is 34.3. The second kappa shape index (κ2) is 18.1. The molecule has 5 amide bonds. The largest absolute Gasteiger partial charge is 0.453 e. The topological polar surface area (TPSA) is 175 Å². The smallest absolute Gasteiger partial charge is 0.407 e. The van der Waals surface area contributed by atoms with E-state index in [9.17, 15) is 24.0 Å². The summed E-state index contributed by atoms with van der Waals surface area (Å²) in [7, 11) is 2.54. The summed E-state index contributed by atoms with van der Waals surface area (Å²) in [6.07, 6.45) is 3.37. The highest BCUT2D eigenvalue weighted by molar-refractivity contribution is 5.93. The number of alkyl carbamates (subject to hydrolysis) is 2. The molecule has 14 heteroatoms. The molecule has 0 bridgehead atoms. The minimum atomic E-state index is -0.788. The van der Waals surface area contributed by atoms with Crippen LogP contribution >= 0.6 is 0 Å². The normalized spacial score (nSPS) is 18.2. The molecule has 0 saturated carbocycles. The van der Waals surface area contributed by atoms with Crippen molar-refractivity contribution in [2.45, 2.75) is 90.5 Å². The summed E-state index contributed by atoms with van der Waals surface area (Å²) in [6.45, 7) is 10.4. The van der Waals surface area contributed by atoms with Crippen LogP contribution in [0.4, 0.5) is 9.59 Å². The molecule has 14 nitrogen and oxygen atoms in total. The van der Waals surface area contributed by atoms with Crippen molar-refractivity contribution in [3.05, 3.63) is 78.2 Å². The Morgan fingerprint density at radius 2 is 1.22 bits per heavy atom. The quantitative estimate of drug-likeness (QED) is 0.126. The molecule has 1 aromatic heterocycles. The van der Waals surface area contributed by atoms with Crippen molar-refractivity contribution in [1.29, 1.82) is 0 Å². The number of ether oxygens (including phenoxy) is 2. The second-order valence-electron chi connectivity index (χ2n) is 15.9. The molecule has 2 aliphatic heterocycles. The maximum absolute atomic E-state index is 13.6. The van der Waals surface area contributed by atoms with E-state index in [0.29, 0.717) is 25.9 Å². The van der Waals surface area contributed by atoms with Crippen LogP contribution < -0.4 is 16.0 Å². The summed E-state index contributed by atoms with van der Waals surface area (Å²) >= 11 is 0. The Morgan fingerprint density at radius 3 is 1.83 bits per heavy atom. The van der Waals surface area contributed by atoms with Crippen molar-refractivity contribution >= 4 is 40.7 Å². The maximum atomic E-state index is 13.6. The molecule has 0 spiro atoms. The predicted octanol–water partition coefficient (Wildman–Crippen LogP) is 6.49. The average molecular weight is 794 g/mol. The summed E-state index contributed by atoms with van der Waals surface area (Å²) in [6, 6.07) is 18.1. The lowest BCUT2D eigenvalue weighted by molar-refractivity contribution is -0.141. The van der Waals surface area contributed by atoms with Gasteiger partial charge in [-0.3, -0.25) is 14.4 Å². The van der Waals surface area contributed by atoms with Crippen LogP contribution in [0.1, 0.15) is 83.8 Å². The highest BCUT2D eigenvalue weighted by atomic mass is 16.5. The van der Waals surface area contributed by atoms with E-state index in [1.807, 2.05) is 58.9 Å². The van der Waals surface area contributed by atoms with Gasteiger partial charge in [-0.2, -0.15) is 0 Å². The van der Waals surface area contributed by atoms with Crippen LogP contribution in [0.25, 0.3) is 33.2 Å². The number of aromatic nitrogens is 2. The second-order valence-corrected chi connectivity index (χ2v) is 15.9. The van der Waals surface area contributed by atoms with Gasteiger partial charge in [-0.05, 0) is 84.0 Å². The van der Waals surface area contributed by atoms with Gasteiger partial charge in [-0.25, -0.2) is 14.6 Å². The lowest BCUT2D eigenvalue weighted by atomic mass is 9.97. The minimum absolute atomic E-state index is 0.112. The number of hydrogen-bond acceptors (Lipinski definition) is 8. The fraction of sp³-hybridized carbons (Fsp3) is 0.455. The molecule has 3 aromatic carbocycles. The number of carbonyl (C=O) groups is 5. The molecule has 5 unspecified atom stereocenters. The maximum Gasteiger partial charge on any atom is 0.407 e. The number of likely N-dealkylation sites (tertiary alicyclic amines) is 2. The Labute approximate surface area is 339 Å². The van der Waals surface area contributed by atoms with E-state index >= 15 is 0 Å². The fourth-order valence-corrected chi connectivity index (χ4v) is 7.98. The summed E-state index contributed by atoms with van der Waals surface area (Å²) in [5.74, 6) is -0.224. The molecular formula is C44H55N7O7. The average Bonchev–Trinajstić information content (AvgIpc) is 4.02. The van der Waals surface area contributed by atoms with Crippen LogP contribution in [0.5, 0.6) is 0 Å². The molecule has 3 heterocycles. The first kappa shape index (κ1) is 41.7. The van der Waals surface area contributed by atoms with Crippen LogP contribution in [-0.2, 0) is 23.9 Å². The van der Waals surface area contributed by atoms with Crippen molar-refractivity contribution < 1.29 is 33.4 Å². The third-order valence-corrected chi connectivity index (χ3v) is 11.3. The first-order valence-electron chi connectivity index (χ1n) is 20.1. The number of nitrogens with one attached hydrogen (secondary N) is 4. The van der Waals surface area contributed by atoms with Crippen LogP contribution in [0.2, 0.25) is 0 Å². The van der Waals surface area contributed by atoms with E-state index in [2.05, 4.69) is 57.3 Å². The number of rotatable bonds is 12. The third kappa shape index (κ3) is 9.11. The van der Waals surface area contributed by atoms with Crippen molar-refractivity contribution in [3.8, 4) is 22.4 Å². The lowest BCUT2D eigenvalue weighted by Gasteiger charge is -2.30. The third-order valence-electron chi connectivity index (χ3n) is 11.3. The number of aromatic amines is 1. The fourth-order valence-electron chi connectivity index (χ4n) is 7.98. The highest BCUT2D eigenvalue weighted by Crippen LogP contribution is 2.34. The molecule has 2 aliphatic rings. The zero-order chi connectivity index (χ0) is 41.7. The Kier molecular flexibility index (Phi) is 13.0. The molecule has 4 N–H and O–H groups in total. The highest BCUT2D eigenvalue weighted by Gasteiger charge is 2.40. The number of nitrogens with zero attached hydrogens (tertiary/aromatic N) is 3. The Hall–Kier alpha value is -5.92. The number of benzene rings is 3. The van der Waals surface area contributed by atoms with Gasteiger partial charge >= 0.3 is 12.2 Å². The van der Waals surface area contributed by atoms with Crippen LogP contribution in [-0.4, -0.2) is 95.1 Å². The molecule has 58 heavy (non-hydrogen) atoms. The van der Waals surface area contributed by atoms with Gasteiger partial charge in [0.1, 0.15) is 23.9 Å². The Morgan fingerprint density at radius 1 is 0.690 bits per heavy atom. The number of H-pyrrole nitrogens is 1. The summed E-state index contributed by atoms with van der Waals surface area (Å²) < 4.78 is 9.47. The van der Waals surface area contributed by atoms with Gasteiger partial charge in [0.15, 0.2) is 0 Å². The number of imidazole rings is 1. The molecular weight excluding hydrogens is 739 g/mol. The summed E-state index contributed by atoms with van der Waals surface area (Å²) in [4.78, 5) is 75.9. The first-order valence-corrected chi connectivity index (χ1v) is 20.1. The molecule has 0 radical (unpaired) electrons. The van der Waals surface area contributed by atoms with Gasteiger partial charge in [0.2, 0.25) is 17.7 Å². The van der Waals surface area contributed by atoms with E-state index in [1.54, 1.807) is 16.0 Å². The van der Waals surface area contributed by atoms with Gasteiger partial charge in [0.25, 0.3) is 0 Å². The number of carbonyl (C=O) groups excluding carboxylic acids is 5. The molecule has 308 valence electrons. The van der Waals surface area contributed by atoms with E-state index in [1.165, 1.54) is 14.2 Å². The van der Waals surface area contributed by atoms with E-state index in [0.717, 1.165) is 57.4 Å². The summed E-state index contributed by atoms with van der Waals surface area (Å²) in [5.41, 5.74) is 4.86. The Bertz CT molecular complexity index is 2130. The molecule has 2 saturated heterocycles. The number of amides is 5. The minimum Gasteiger partial charge on any atom is -0.453 e. The molecule has 6 rings (SSSR count). The van der Waals surface area contributed by atoms with Crippen molar-refractivity contribution in [2.75, 3.05) is 27.3 Å². The molecule has 0 aliphatic carbocycles. The van der Waals surface area contributed by atoms with Crippen LogP contribution in [0.15, 0.2) is 66.9 Å². The number of methoxy groups -OCH3 is 2. The standard InChI is InChI=1S/C44H55N7O7/c1-25(2)37(48-43(55)57-6)41(53)50-20-8-10-35(50)39-45-24-34(47-39)33-19-18-31-22-30(16-17-32(31)23-33)29-14-12-28(13-15-29)27(5)46-40(52)36-11-9-21-51(36)42(54)38(26(3)4)49-44(56)58-7/h12-19,22-27,35-38H,8-11,20-21H2,1-7H3,(H,45,47)(H,46,52)(H,48,55)(H,49,56). The number of fused-ring (bicyclic) bond motifs is 1. The zero-order valence-corrected chi connectivity index (χ0v) is 34.3. The molecule has 4 aromatic rings. The van der Waals surface area contributed by atoms with Gasteiger partial charge in [0, 0.05) is 18.7 Å². The predicted molar refractivity (Wildman–Crippen MR) is 220 cm³/mol. The molecule has 5 atom stereocenters. The van der Waals surface area contributed by atoms with E-state index in [4.69, 9.17) is 14.5 Å². The van der Waals surface area contributed by atoms with E-state index in [-0.39, 0.29) is 41.6 Å². The summed E-state index contributed by atoms with van der Waals surface area (Å²) in [5, 5.41) is 10.6. The van der Waals surface area contributed by atoms with Crippen molar-refractivity contribution in [3.63, 3.8) is 0 Å². The van der Waals surface area contributed by atoms with Gasteiger partial charge < -0.3 is 40.2 Å². The monoisotopic (exact) mass is 793 g/mol. The van der Waals surface area contributed by atoms with Gasteiger partial charge in [-0.15, -0.1) is 0 Å².